The molecule has 3 aromatic rings. The predicted octanol–water partition coefficient (Wildman–Crippen LogP) is 4.84. The summed E-state index contributed by atoms with van der Waals surface area (Å²) in [5.41, 5.74) is 0.266. The van der Waals surface area contributed by atoms with Crippen LogP contribution in [-0.4, -0.2) is 31.8 Å². The van der Waals surface area contributed by atoms with Crippen molar-refractivity contribution in [3.8, 4) is 11.4 Å². The first-order chi connectivity index (χ1) is 15.3. The highest BCUT2D eigenvalue weighted by Gasteiger charge is 2.23. The second kappa shape index (κ2) is 10.6. The highest BCUT2D eigenvalue weighted by molar-refractivity contribution is 9.10. The molecule has 2 aromatic carbocycles. The van der Waals surface area contributed by atoms with Crippen molar-refractivity contribution in [3.63, 3.8) is 0 Å². The summed E-state index contributed by atoms with van der Waals surface area (Å²) in [4.78, 5) is 25.6. The first kappa shape index (κ1) is 24.4. The van der Waals surface area contributed by atoms with E-state index in [1.54, 1.807) is 30.3 Å². The van der Waals surface area contributed by atoms with Gasteiger partial charge in [-0.1, -0.05) is 41.4 Å². The number of carbonyl (C=O) groups is 1. The molecule has 1 heterocycles. The minimum absolute atomic E-state index is 0.0917. The van der Waals surface area contributed by atoms with E-state index >= 15 is 0 Å². The number of aliphatic hydroxyl groups excluding tert-OH is 1. The topological polar surface area (TPSA) is 77.1 Å². The van der Waals surface area contributed by atoms with Gasteiger partial charge in [-0.05, 0) is 45.8 Å². The zero-order valence-corrected chi connectivity index (χ0v) is 19.9. The van der Waals surface area contributed by atoms with E-state index in [2.05, 4.69) is 27.6 Å². The fourth-order valence-corrected chi connectivity index (χ4v) is 4.36. The second-order valence-electron chi connectivity index (χ2n) is 7.05. The first-order valence-corrected chi connectivity index (χ1v) is 11.1. The molecule has 1 N–H and O–H groups in total. The lowest BCUT2D eigenvalue weighted by Gasteiger charge is -2.15. The van der Waals surface area contributed by atoms with Crippen LogP contribution in [0.2, 0.25) is 10.0 Å². The SMILES string of the molecule is C=CCn1c(-c2ccc(Cl)cc2Br)nn(CC(=O)CC(CO)c2cccc(Cl)c2F)c1=O. The Bertz CT molecular complexity index is 1230. The maximum Gasteiger partial charge on any atom is 0.346 e. The van der Waals surface area contributed by atoms with Crippen LogP contribution < -0.4 is 5.69 Å². The maximum atomic E-state index is 14.3. The third kappa shape index (κ3) is 5.20. The van der Waals surface area contributed by atoms with Gasteiger partial charge in [-0.25, -0.2) is 13.9 Å². The van der Waals surface area contributed by atoms with E-state index in [0.29, 0.717) is 20.9 Å². The molecule has 32 heavy (non-hydrogen) atoms. The monoisotopic (exact) mass is 541 g/mol. The van der Waals surface area contributed by atoms with Crippen LogP contribution in [-0.2, 0) is 17.9 Å². The quantitative estimate of drug-likeness (QED) is 0.392. The van der Waals surface area contributed by atoms with E-state index in [4.69, 9.17) is 23.2 Å². The Labute approximate surface area is 202 Å². The number of Topliss-reactive ketones (excluding diaryl/α,β-unsaturated/α-hetero) is 1. The number of hydrogen-bond donors (Lipinski definition) is 1. The van der Waals surface area contributed by atoms with E-state index in [-0.39, 0.29) is 30.1 Å². The summed E-state index contributed by atoms with van der Waals surface area (Å²) in [6.07, 6.45) is 1.36. The van der Waals surface area contributed by atoms with Gasteiger partial charge >= 0.3 is 5.69 Å². The number of ketones is 1. The van der Waals surface area contributed by atoms with Crippen LogP contribution in [0.5, 0.6) is 0 Å². The number of carbonyl (C=O) groups excluding carboxylic acids is 1. The molecule has 10 heteroatoms. The molecule has 6 nitrogen and oxygen atoms in total. The molecule has 0 fully saturated rings. The van der Waals surface area contributed by atoms with Crippen molar-refractivity contribution in [2.45, 2.75) is 25.4 Å². The van der Waals surface area contributed by atoms with Crippen molar-refractivity contribution in [2.75, 3.05) is 6.61 Å². The molecule has 0 saturated heterocycles. The van der Waals surface area contributed by atoms with Gasteiger partial charge in [-0.3, -0.25) is 9.36 Å². The number of halogens is 4. The zero-order valence-electron chi connectivity index (χ0n) is 16.8. The largest absolute Gasteiger partial charge is 0.396 e. The summed E-state index contributed by atoms with van der Waals surface area (Å²) in [6.45, 7) is 3.07. The molecule has 1 unspecified atom stereocenters. The Kier molecular flexibility index (Phi) is 8.05. The Balaban J connectivity index is 1.90. The fraction of sp³-hybridized carbons (Fsp3) is 0.227. The molecule has 0 aliphatic rings. The maximum absolute atomic E-state index is 14.3. The standard InChI is InChI=1S/C22H19BrCl2FN3O3/c1-2-8-28-21(17-7-6-14(24)10-18(17)23)27-29(22(28)32)11-15(31)9-13(12-30)16-4-3-5-19(25)20(16)26/h2-7,10,13,30H,1,8-9,11-12H2. The minimum atomic E-state index is -0.794. The van der Waals surface area contributed by atoms with Gasteiger partial charge in [0, 0.05) is 33.9 Å². The zero-order chi connectivity index (χ0) is 23.4. The summed E-state index contributed by atoms with van der Waals surface area (Å²) in [5, 5.41) is 14.5. The Hall–Kier alpha value is -2.26. The molecule has 1 aromatic heterocycles. The van der Waals surface area contributed by atoms with Gasteiger partial charge in [0.15, 0.2) is 11.6 Å². The molecule has 0 amide bonds. The van der Waals surface area contributed by atoms with Crippen LogP contribution in [0.25, 0.3) is 11.4 Å². The summed E-state index contributed by atoms with van der Waals surface area (Å²) in [5.74, 6) is -1.53. The summed E-state index contributed by atoms with van der Waals surface area (Å²) in [7, 11) is 0. The summed E-state index contributed by atoms with van der Waals surface area (Å²) in [6, 6.07) is 9.46. The number of benzene rings is 2. The van der Waals surface area contributed by atoms with Crippen molar-refractivity contribution < 1.29 is 14.3 Å². The van der Waals surface area contributed by atoms with Crippen molar-refractivity contribution in [1.82, 2.24) is 14.3 Å². The van der Waals surface area contributed by atoms with Crippen LogP contribution >= 0.6 is 39.1 Å². The molecule has 0 bridgehead atoms. The van der Waals surface area contributed by atoms with Crippen molar-refractivity contribution in [1.29, 1.82) is 0 Å². The van der Waals surface area contributed by atoms with Gasteiger partial charge in [0.05, 0.1) is 11.6 Å². The predicted molar refractivity (Wildman–Crippen MR) is 126 cm³/mol. The number of hydrogen-bond acceptors (Lipinski definition) is 4. The molecule has 1 atom stereocenters. The number of nitrogens with zero attached hydrogens (tertiary/aromatic N) is 3. The third-order valence-electron chi connectivity index (χ3n) is 4.85. The molecular formula is C22H19BrCl2FN3O3. The smallest absolute Gasteiger partial charge is 0.346 e. The fourth-order valence-electron chi connectivity index (χ4n) is 3.32. The van der Waals surface area contributed by atoms with Gasteiger partial charge in [0.2, 0.25) is 0 Å². The van der Waals surface area contributed by atoms with Crippen LogP contribution in [0, 0.1) is 5.82 Å². The van der Waals surface area contributed by atoms with Gasteiger partial charge in [0.25, 0.3) is 0 Å². The van der Waals surface area contributed by atoms with E-state index in [1.807, 2.05) is 0 Å². The van der Waals surface area contributed by atoms with Crippen LogP contribution in [0.4, 0.5) is 4.39 Å². The van der Waals surface area contributed by atoms with Crippen LogP contribution in [0.3, 0.4) is 0 Å². The van der Waals surface area contributed by atoms with Gasteiger partial charge in [-0.2, -0.15) is 0 Å². The highest BCUT2D eigenvalue weighted by atomic mass is 79.9. The van der Waals surface area contributed by atoms with Gasteiger partial charge < -0.3 is 5.11 Å². The molecule has 0 saturated carbocycles. The third-order valence-corrected chi connectivity index (χ3v) is 6.03. The lowest BCUT2D eigenvalue weighted by molar-refractivity contribution is -0.120. The molecule has 0 aliphatic heterocycles. The van der Waals surface area contributed by atoms with E-state index < -0.39 is 29.8 Å². The number of aromatic nitrogens is 3. The van der Waals surface area contributed by atoms with Crippen molar-refractivity contribution in [2.24, 2.45) is 0 Å². The Morgan fingerprint density at radius 2 is 2.06 bits per heavy atom. The molecule has 0 radical (unpaired) electrons. The van der Waals surface area contributed by atoms with E-state index in [1.165, 1.54) is 16.7 Å². The molecule has 0 spiro atoms. The number of rotatable bonds is 9. The van der Waals surface area contributed by atoms with Crippen LogP contribution in [0.15, 0.2) is 58.3 Å². The normalized spacial score (nSPS) is 12.0. The first-order valence-electron chi connectivity index (χ1n) is 9.57. The summed E-state index contributed by atoms with van der Waals surface area (Å²) < 4.78 is 17.4. The van der Waals surface area contributed by atoms with Crippen molar-refractivity contribution in [3.05, 3.63) is 85.4 Å². The average molecular weight is 543 g/mol. The number of allylic oxidation sites excluding steroid dienone is 1. The van der Waals surface area contributed by atoms with Crippen molar-refractivity contribution >= 4 is 44.9 Å². The lowest BCUT2D eigenvalue weighted by atomic mass is 9.94. The highest BCUT2D eigenvalue weighted by Crippen LogP contribution is 2.30. The average Bonchev–Trinajstić information content (AvgIpc) is 3.04. The summed E-state index contributed by atoms with van der Waals surface area (Å²) >= 11 is 15.2. The minimum Gasteiger partial charge on any atom is -0.396 e. The molecule has 3 rings (SSSR count). The van der Waals surface area contributed by atoms with Gasteiger partial charge in [-0.15, -0.1) is 11.7 Å². The molecule has 0 aliphatic carbocycles. The Morgan fingerprint density at radius 3 is 2.72 bits per heavy atom. The van der Waals surface area contributed by atoms with E-state index in [9.17, 15) is 19.1 Å². The van der Waals surface area contributed by atoms with Gasteiger partial charge in [0.1, 0.15) is 12.4 Å². The lowest BCUT2D eigenvalue weighted by Crippen LogP contribution is -2.28. The number of aliphatic hydroxyl groups is 1. The second-order valence-corrected chi connectivity index (χ2v) is 8.75. The molecular weight excluding hydrogens is 524 g/mol. The molecule has 168 valence electrons. The van der Waals surface area contributed by atoms with E-state index in [0.717, 1.165) is 4.68 Å². The van der Waals surface area contributed by atoms with Crippen LogP contribution in [0.1, 0.15) is 17.9 Å². The Morgan fingerprint density at radius 1 is 1.31 bits per heavy atom.